The summed E-state index contributed by atoms with van der Waals surface area (Å²) in [5.74, 6) is 1.80. The van der Waals surface area contributed by atoms with E-state index in [1.54, 1.807) is 7.11 Å². The third-order valence-corrected chi connectivity index (χ3v) is 2.96. The van der Waals surface area contributed by atoms with Gasteiger partial charge < -0.3 is 14.3 Å². The first-order valence-electron chi connectivity index (χ1n) is 5.96. The van der Waals surface area contributed by atoms with Crippen molar-refractivity contribution in [3.8, 4) is 11.5 Å². The third kappa shape index (κ3) is 2.09. The van der Waals surface area contributed by atoms with Crippen LogP contribution in [0.4, 0.5) is 0 Å². The Balaban J connectivity index is 2.58. The summed E-state index contributed by atoms with van der Waals surface area (Å²) in [6.45, 7) is 4.00. The predicted molar refractivity (Wildman–Crippen MR) is 67.8 cm³/mol. The minimum absolute atomic E-state index is 0.325. The molecule has 1 aromatic carbocycles. The maximum atomic E-state index is 10.2. The third-order valence-electron chi connectivity index (χ3n) is 2.96. The number of hydrogen-bond donors (Lipinski definition) is 1. The Kier molecular flexibility index (Phi) is 3.27. The maximum Gasteiger partial charge on any atom is 0.179 e. The van der Waals surface area contributed by atoms with Gasteiger partial charge in [-0.3, -0.25) is 0 Å². The molecule has 2 rings (SSSR count). The van der Waals surface area contributed by atoms with Crippen molar-refractivity contribution in [2.24, 2.45) is 0 Å². The normalized spacial score (nSPS) is 11.0. The molecule has 92 valence electrons. The smallest absolute Gasteiger partial charge is 0.179 e. The van der Waals surface area contributed by atoms with E-state index in [0.717, 1.165) is 36.0 Å². The molecule has 0 aliphatic heterocycles. The van der Waals surface area contributed by atoms with Crippen molar-refractivity contribution in [2.75, 3.05) is 7.11 Å². The lowest BCUT2D eigenvalue weighted by Crippen LogP contribution is -1.90. The van der Waals surface area contributed by atoms with E-state index >= 15 is 0 Å². The molecule has 0 bridgehead atoms. The molecular weight excluding hydrogens is 216 g/mol. The molecule has 0 amide bonds. The number of hydrogen-bond acceptors (Lipinski definition) is 3. The number of phenolic OH excluding ortho intramolecular Hbond substituents is 1. The van der Waals surface area contributed by atoms with E-state index in [-0.39, 0.29) is 0 Å². The molecule has 0 aliphatic carbocycles. The molecule has 1 heterocycles. The van der Waals surface area contributed by atoms with Crippen LogP contribution in [-0.4, -0.2) is 12.2 Å². The second-order valence-corrected chi connectivity index (χ2v) is 4.29. The van der Waals surface area contributed by atoms with E-state index in [1.165, 1.54) is 0 Å². The van der Waals surface area contributed by atoms with Crippen LogP contribution in [0.25, 0.3) is 11.0 Å². The largest absolute Gasteiger partial charge is 0.507 e. The number of unbranched alkanes of at least 4 members (excludes halogenated alkanes) is 1. The van der Waals surface area contributed by atoms with Crippen LogP contribution in [0.1, 0.15) is 31.1 Å². The Morgan fingerprint density at radius 2 is 2.12 bits per heavy atom. The number of aromatic hydroxyl groups is 1. The summed E-state index contributed by atoms with van der Waals surface area (Å²) >= 11 is 0. The number of furan rings is 1. The molecule has 0 atom stereocenters. The van der Waals surface area contributed by atoms with Crippen LogP contribution in [0.15, 0.2) is 16.5 Å². The van der Waals surface area contributed by atoms with E-state index in [2.05, 4.69) is 6.92 Å². The van der Waals surface area contributed by atoms with Crippen LogP contribution in [0.3, 0.4) is 0 Å². The SMILES string of the molecule is CCCCc1cc(OC)c2oc(C)cc2c1O. The van der Waals surface area contributed by atoms with Gasteiger partial charge in [-0.15, -0.1) is 0 Å². The molecule has 0 fully saturated rings. The van der Waals surface area contributed by atoms with Crippen molar-refractivity contribution >= 4 is 11.0 Å². The van der Waals surface area contributed by atoms with E-state index in [1.807, 2.05) is 19.1 Å². The zero-order valence-corrected chi connectivity index (χ0v) is 10.5. The molecule has 1 N–H and O–H groups in total. The quantitative estimate of drug-likeness (QED) is 0.875. The topological polar surface area (TPSA) is 42.6 Å². The van der Waals surface area contributed by atoms with Gasteiger partial charge in [-0.25, -0.2) is 0 Å². The summed E-state index contributed by atoms with van der Waals surface area (Å²) in [6.07, 6.45) is 3.02. The van der Waals surface area contributed by atoms with E-state index < -0.39 is 0 Å². The highest BCUT2D eigenvalue weighted by atomic mass is 16.5. The fraction of sp³-hybridized carbons (Fsp3) is 0.429. The van der Waals surface area contributed by atoms with E-state index in [9.17, 15) is 5.11 Å². The summed E-state index contributed by atoms with van der Waals surface area (Å²) in [5, 5.41) is 10.9. The second kappa shape index (κ2) is 4.70. The van der Waals surface area contributed by atoms with E-state index in [0.29, 0.717) is 17.1 Å². The van der Waals surface area contributed by atoms with Gasteiger partial charge in [0, 0.05) is 0 Å². The van der Waals surface area contributed by atoms with Crippen molar-refractivity contribution in [1.82, 2.24) is 0 Å². The van der Waals surface area contributed by atoms with Crippen LogP contribution >= 0.6 is 0 Å². The average molecular weight is 234 g/mol. The maximum absolute atomic E-state index is 10.2. The Hall–Kier alpha value is -1.64. The fourth-order valence-corrected chi connectivity index (χ4v) is 2.05. The van der Waals surface area contributed by atoms with Gasteiger partial charge in [0.05, 0.1) is 12.5 Å². The van der Waals surface area contributed by atoms with Crippen molar-refractivity contribution < 1.29 is 14.3 Å². The van der Waals surface area contributed by atoms with Gasteiger partial charge in [0.2, 0.25) is 0 Å². The second-order valence-electron chi connectivity index (χ2n) is 4.29. The molecule has 17 heavy (non-hydrogen) atoms. The molecule has 0 saturated carbocycles. The fourth-order valence-electron chi connectivity index (χ4n) is 2.05. The van der Waals surface area contributed by atoms with Crippen LogP contribution < -0.4 is 4.74 Å². The molecule has 0 unspecified atom stereocenters. The molecule has 0 spiro atoms. The first-order valence-corrected chi connectivity index (χ1v) is 5.96. The predicted octanol–water partition coefficient (Wildman–Crippen LogP) is 3.80. The standard InChI is InChI=1S/C14H18O3/c1-4-5-6-10-8-12(16-3)14-11(13(10)15)7-9(2)17-14/h7-8,15H,4-6H2,1-3H3. The van der Waals surface area contributed by atoms with E-state index in [4.69, 9.17) is 9.15 Å². The molecular formula is C14H18O3. The summed E-state index contributed by atoms with van der Waals surface area (Å²) in [6, 6.07) is 3.72. The Labute approximate surface area is 101 Å². The summed E-state index contributed by atoms with van der Waals surface area (Å²) < 4.78 is 10.9. The van der Waals surface area contributed by atoms with Crippen LogP contribution in [0, 0.1) is 6.92 Å². The lowest BCUT2D eigenvalue weighted by atomic mass is 10.0. The van der Waals surface area contributed by atoms with Gasteiger partial charge >= 0.3 is 0 Å². The molecule has 1 aromatic heterocycles. The number of ether oxygens (including phenoxy) is 1. The van der Waals surface area contributed by atoms with Crippen LogP contribution in [-0.2, 0) is 6.42 Å². The first kappa shape index (κ1) is 11.8. The number of rotatable bonds is 4. The van der Waals surface area contributed by atoms with Crippen molar-refractivity contribution in [3.63, 3.8) is 0 Å². The molecule has 0 aliphatic rings. The summed E-state index contributed by atoms with van der Waals surface area (Å²) in [5.41, 5.74) is 1.56. The van der Waals surface area contributed by atoms with Crippen LogP contribution in [0.2, 0.25) is 0 Å². The molecule has 0 saturated heterocycles. The average Bonchev–Trinajstić information content (AvgIpc) is 2.71. The number of methoxy groups -OCH3 is 1. The Morgan fingerprint density at radius 3 is 2.76 bits per heavy atom. The monoisotopic (exact) mass is 234 g/mol. The number of aryl methyl sites for hydroxylation is 2. The highest BCUT2D eigenvalue weighted by Crippen LogP contribution is 2.38. The Bertz CT molecular complexity index is 526. The van der Waals surface area contributed by atoms with Crippen LogP contribution in [0.5, 0.6) is 11.5 Å². The lowest BCUT2D eigenvalue weighted by Gasteiger charge is -2.08. The molecule has 3 heteroatoms. The minimum Gasteiger partial charge on any atom is -0.507 e. The number of fused-ring (bicyclic) bond motifs is 1. The zero-order chi connectivity index (χ0) is 12.4. The van der Waals surface area contributed by atoms with Crippen molar-refractivity contribution in [2.45, 2.75) is 33.1 Å². The summed E-state index contributed by atoms with van der Waals surface area (Å²) in [7, 11) is 1.62. The first-order chi connectivity index (χ1) is 8.17. The molecule has 0 radical (unpaired) electrons. The van der Waals surface area contributed by atoms with Gasteiger partial charge in [0.25, 0.3) is 0 Å². The number of phenols is 1. The minimum atomic E-state index is 0.325. The molecule has 3 nitrogen and oxygen atoms in total. The highest BCUT2D eigenvalue weighted by Gasteiger charge is 2.15. The number of benzene rings is 1. The molecule has 2 aromatic rings. The van der Waals surface area contributed by atoms with Crippen molar-refractivity contribution in [3.05, 3.63) is 23.5 Å². The summed E-state index contributed by atoms with van der Waals surface area (Å²) in [4.78, 5) is 0. The van der Waals surface area contributed by atoms with Gasteiger partial charge in [-0.05, 0) is 37.5 Å². The van der Waals surface area contributed by atoms with Gasteiger partial charge in [0.15, 0.2) is 11.3 Å². The highest BCUT2D eigenvalue weighted by molar-refractivity contribution is 5.90. The van der Waals surface area contributed by atoms with Gasteiger partial charge in [0.1, 0.15) is 11.5 Å². The van der Waals surface area contributed by atoms with Crippen molar-refractivity contribution in [1.29, 1.82) is 0 Å². The lowest BCUT2D eigenvalue weighted by molar-refractivity contribution is 0.406. The van der Waals surface area contributed by atoms with Gasteiger partial charge in [-0.2, -0.15) is 0 Å². The van der Waals surface area contributed by atoms with Gasteiger partial charge in [-0.1, -0.05) is 13.3 Å². The Morgan fingerprint density at radius 1 is 1.35 bits per heavy atom. The zero-order valence-electron chi connectivity index (χ0n) is 10.5.